The summed E-state index contributed by atoms with van der Waals surface area (Å²) < 4.78 is 16.5. The van der Waals surface area contributed by atoms with Gasteiger partial charge in [0, 0.05) is 30.0 Å². The molecule has 6 nitrogen and oxygen atoms in total. The Morgan fingerprint density at radius 1 is 1.22 bits per heavy atom. The van der Waals surface area contributed by atoms with E-state index in [4.69, 9.17) is 14.0 Å². The Kier molecular flexibility index (Phi) is 5.80. The number of aromatic nitrogens is 1. The van der Waals surface area contributed by atoms with Crippen molar-refractivity contribution in [3.05, 3.63) is 47.3 Å². The van der Waals surface area contributed by atoms with Crippen LogP contribution in [-0.2, 0) is 15.2 Å². The number of rotatable bonds is 5. The average molecular weight is 388 g/mol. The van der Waals surface area contributed by atoms with Gasteiger partial charge in [-0.3, -0.25) is 4.79 Å². The van der Waals surface area contributed by atoms with Gasteiger partial charge in [-0.2, -0.15) is 0 Å². The van der Waals surface area contributed by atoms with Crippen molar-refractivity contribution in [1.29, 1.82) is 0 Å². The second kappa shape index (κ2) is 8.46. The minimum Gasteiger partial charge on any atom is -0.360 e. The summed E-state index contributed by atoms with van der Waals surface area (Å²) in [4.78, 5) is 16.0. The molecular weight excluding hydrogens is 364 g/mol. The van der Waals surface area contributed by atoms with E-state index in [9.17, 15) is 4.79 Å². The van der Waals surface area contributed by atoms with E-state index >= 15 is 0 Å². The van der Waals surface area contributed by atoms with Crippen LogP contribution in [0.2, 0.25) is 0 Å². The second-order valence-corrected chi connectivity index (χ2v) is 7.98. The largest absolute Gasteiger partial charge is 0.360 e. The van der Waals surface area contributed by atoms with Gasteiger partial charge in [0.05, 0.1) is 30.2 Å². The highest BCUT2D eigenvalue weighted by Gasteiger charge is 2.32. The molecule has 144 valence electrons. The topological polar surface area (TPSA) is 64.8 Å². The van der Waals surface area contributed by atoms with E-state index in [1.54, 1.807) is 11.8 Å². The zero-order valence-electron chi connectivity index (χ0n) is 15.4. The summed E-state index contributed by atoms with van der Waals surface area (Å²) in [5.41, 5.74) is 1.62. The van der Waals surface area contributed by atoms with Crippen LogP contribution in [0.15, 0.2) is 39.8 Å². The van der Waals surface area contributed by atoms with Crippen molar-refractivity contribution in [3.63, 3.8) is 0 Å². The third-order valence-corrected chi connectivity index (χ3v) is 6.12. The normalized spacial score (nSPS) is 18.9. The number of carbonyl (C=O) groups is 1. The molecule has 0 bridgehead atoms. The van der Waals surface area contributed by atoms with Crippen molar-refractivity contribution in [3.8, 4) is 0 Å². The summed E-state index contributed by atoms with van der Waals surface area (Å²) in [6.45, 7) is 4.75. The molecule has 2 aliphatic rings. The molecule has 0 radical (unpaired) electrons. The van der Waals surface area contributed by atoms with Gasteiger partial charge in [-0.25, -0.2) is 0 Å². The predicted octanol–water partition coefficient (Wildman–Crippen LogP) is 3.50. The lowest BCUT2D eigenvalue weighted by atomic mass is 9.95. The Balaban J connectivity index is 1.38. The molecule has 2 aliphatic heterocycles. The fraction of sp³-hybridized carbons (Fsp3) is 0.500. The lowest BCUT2D eigenvalue weighted by Crippen LogP contribution is -2.41. The minimum absolute atomic E-state index is 0.0875. The van der Waals surface area contributed by atoms with Gasteiger partial charge in [-0.1, -0.05) is 17.3 Å². The number of benzene rings is 1. The van der Waals surface area contributed by atoms with Crippen molar-refractivity contribution < 1.29 is 18.8 Å². The van der Waals surface area contributed by atoms with Crippen LogP contribution in [0.3, 0.4) is 0 Å². The number of likely N-dealkylation sites (tertiary alicyclic amines) is 1. The zero-order chi connectivity index (χ0) is 18.6. The maximum atomic E-state index is 13.1. The maximum Gasteiger partial charge on any atom is 0.254 e. The second-order valence-electron chi connectivity index (χ2n) is 6.96. The minimum atomic E-state index is -0.0875. The number of ether oxygens (including phenoxy) is 2. The van der Waals surface area contributed by atoms with Crippen molar-refractivity contribution in [2.24, 2.45) is 5.92 Å². The van der Waals surface area contributed by atoms with E-state index in [0.29, 0.717) is 24.9 Å². The molecule has 1 aromatic carbocycles. The summed E-state index contributed by atoms with van der Waals surface area (Å²) in [5.74, 6) is 1.95. The molecule has 2 aromatic rings. The number of piperidine rings is 1. The summed E-state index contributed by atoms with van der Waals surface area (Å²) in [5, 5.41) is 3.92. The van der Waals surface area contributed by atoms with E-state index in [2.05, 4.69) is 5.16 Å². The van der Waals surface area contributed by atoms with Gasteiger partial charge in [0.2, 0.25) is 0 Å². The average Bonchev–Trinajstić information content (AvgIpc) is 3.38. The Labute approximate surface area is 163 Å². The third-order valence-electron chi connectivity index (χ3n) is 5.02. The van der Waals surface area contributed by atoms with Crippen LogP contribution in [0.1, 0.15) is 34.7 Å². The molecule has 1 aromatic heterocycles. The number of hydrogen-bond donors (Lipinski definition) is 0. The molecule has 0 saturated carbocycles. The molecule has 0 aliphatic carbocycles. The summed E-state index contributed by atoms with van der Waals surface area (Å²) in [7, 11) is 0. The first-order chi connectivity index (χ1) is 13.2. The lowest BCUT2D eigenvalue weighted by molar-refractivity contribution is -0.0956. The molecule has 27 heavy (non-hydrogen) atoms. The van der Waals surface area contributed by atoms with E-state index in [-0.39, 0.29) is 12.2 Å². The van der Waals surface area contributed by atoms with Crippen LogP contribution in [0.4, 0.5) is 0 Å². The van der Waals surface area contributed by atoms with Gasteiger partial charge in [0.1, 0.15) is 5.76 Å². The van der Waals surface area contributed by atoms with E-state index in [1.165, 1.54) is 0 Å². The maximum absolute atomic E-state index is 13.1. The molecule has 0 spiro atoms. The number of amides is 1. The van der Waals surface area contributed by atoms with Crippen molar-refractivity contribution in [2.75, 3.05) is 26.3 Å². The molecule has 2 fully saturated rings. The third kappa shape index (κ3) is 4.36. The predicted molar refractivity (Wildman–Crippen MR) is 102 cm³/mol. The van der Waals surface area contributed by atoms with Crippen LogP contribution >= 0.6 is 11.8 Å². The zero-order valence-corrected chi connectivity index (χ0v) is 16.2. The first kappa shape index (κ1) is 18.5. The van der Waals surface area contributed by atoms with E-state index in [0.717, 1.165) is 47.8 Å². The number of nitrogens with zero attached hydrogens (tertiary/aromatic N) is 2. The Morgan fingerprint density at radius 3 is 2.67 bits per heavy atom. The van der Waals surface area contributed by atoms with Gasteiger partial charge in [-0.05, 0) is 31.9 Å². The Bertz CT molecular complexity index is 780. The molecule has 1 amide bonds. The summed E-state index contributed by atoms with van der Waals surface area (Å²) >= 11 is 1.61. The smallest absolute Gasteiger partial charge is 0.254 e. The molecular formula is C20H24N2O4S. The van der Waals surface area contributed by atoms with Gasteiger partial charge >= 0.3 is 0 Å². The first-order valence-corrected chi connectivity index (χ1v) is 10.4. The molecule has 2 saturated heterocycles. The van der Waals surface area contributed by atoms with Crippen molar-refractivity contribution in [2.45, 2.75) is 36.7 Å². The molecule has 7 heteroatoms. The fourth-order valence-electron chi connectivity index (χ4n) is 3.60. The SMILES string of the molecule is Cc1cc(CSc2ccccc2C(=O)N2CCC(C3OCCO3)CC2)on1. The summed E-state index contributed by atoms with van der Waals surface area (Å²) in [6, 6.07) is 9.71. The standard InChI is InChI=1S/C20H24N2O4S/c1-14-12-16(26-21-14)13-27-18-5-3-2-4-17(18)19(23)22-8-6-15(7-9-22)20-24-10-11-25-20/h2-5,12,15,20H,6-11,13H2,1H3. The lowest BCUT2D eigenvalue weighted by Gasteiger charge is -2.34. The van der Waals surface area contributed by atoms with Crippen molar-refractivity contribution >= 4 is 17.7 Å². The van der Waals surface area contributed by atoms with Crippen LogP contribution in [0.25, 0.3) is 0 Å². The summed E-state index contributed by atoms with van der Waals surface area (Å²) in [6.07, 6.45) is 1.75. The number of carbonyl (C=O) groups excluding carboxylic acids is 1. The van der Waals surface area contributed by atoms with Gasteiger partial charge in [0.25, 0.3) is 5.91 Å². The van der Waals surface area contributed by atoms with Crippen molar-refractivity contribution in [1.82, 2.24) is 10.1 Å². The monoisotopic (exact) mass is 388 g/mol. The number of aryl methyl sites for hydroxylation is 1. The molecule has 0 N–H and O–H groups in total. The Hall–Kier alpha value is -1.83. The fourth-order valence-corrected chi connectivity index (χ4v) is 4.52. The highest BCUT2D eigenvalue weighted by atomic mass is 32.2. The highest BCUT2D eigenvalue weighted by molar-refractivity contribution is 7.98. The molecule has 4 rings (SSSR count). The van der Waals surface area contributed by atoms with Crippen LogP contribution in [0, 0.1) is 12.8 Å². The van der Waals surface area contributed by atoms with Gasteiger partial charge in [0.15, 0.2) is 6.29 Å². The van der Waals surface area contributed by atoms with E-state index < -0.39 is 0 Å². The molecule has 3 heterocycles. The van der Waals surface area contributed by atoms with Crippen LogP contribution in [0.5, 0.6) is 0 Å². The van der Waals surface area contributed by atoms with Gasteiger partial charge in [-0.15, -0.1) is 11.8 Å². The Morgan fingerprint density at radius 2 is 1.96 bits per heavy atom. The quantitative estimate of drug-likeness (QED) is 0.731. The highest BCUT2D eigenvalue weighted by Crippen LogP contribution is 2.30. The molecule has 0 unspecified atom stereocenters. The van der Waals surface area contributed by atoms with Crippen LogP contribution in [-0.4, -0.2) is 48.6 Å². The molecule has 0 atom stereocenters. The number of thioether (sulfide) groups is 1. The van der Waals surface area contributed by atoms with E-state index in [1.807, 2.05) is 42.2 Å². The first-order valence-electron chi connectivity index (χ1n) is 9.37. The van der Waals surface area contributed by atoms with Gasteiger partial charge < -0.3 is 18.9 Å². The number of hydrogen-bond acceptors (Lipinski definition) is 6. The van der Waals surface area contributed by atoms with Crippen LogP contribution < -0.4 is 0 Å².